The minimum atomic E-state index is -1.50. The van der Waals surface area contributed by atoms with Gasteiger partial charge in [-0.1, -0.05) is 6.07 Å². The number of nitrogens with one attached hydrogen (secondary N) is 1. The summed E-state index contributed by atoms with van der Waals surface area (Å²) in [6.45, 7) is 0. The standard InChI is InChI=1S/C13H8F3N3S/c14-7-4-6(5-8(15)11(7)16)12-10(13(17)19-18-12)9-2-1-3-20-9/h1-5H,(H3,17,18,19). The molecule has 0 saturated heterocycles. The zero-order valence-corrected chi connectivity index (χ0v) is 10.8. The van der Waals surface area contributed by atoms with Gasteiger partial charge < -0.3 is 5.73 Å². The van der Waals surface area contributed by atoms with E-state index in [2.05, 4.69) is 10.2 Å². The zero-order chi connectivity index (χ0) is 14.3. The Morgan fingerprint density at radius 2 is 1.85 bits per heavy atom. The van der Waals surface area contributed by atoms with Gasteiger partial charge in [-0.2, -0.15) is 5.10 Å². The summed E-state index contributed by atoms with van der Waals surface area (Å²) in [5.74, 6) is -3.80. The number of rotatable bonds is 2. The smallest absolute Gasteiger partial charge is 0.194 e. The summed E-state index contributed by atoms with van der Waals surface area (Å²) in [5, 5.41) is 8.32. The predicted molar refractivity (Wildman–Crippen MR) is 71.6 cm³/mol. The second-order valence-electron chi connectivity index (χ2n) is 4.09. The van der Waals surface area contributed by atoms with Crippen LogP contribution in [0.15, 0.2) is 29.6 Å². The summed E-state index contributed by atoms with van der Waals surface area (Å²) in [5.41, 5.74) is 6.82. The van der Waals surface area contributed by atoms with Crippen LogP contribution in [0.25, 0.3) is 21.7 Å². The molecular formula is C13H8F3N3S. The first-order chi connectivity index (χ1) is 9.58. The van der Waals surface area contributed by atoms with Crippen molar-refractivity contribution in [1.82, 2.24) is 10.2 Å². The average molecular weight is 295 g/mol. The summed E-state index contributed by atoms with van der Waals surface area (Å²) in [6, 6.07) is 5.44. The molecule has 1 aromatic carbocycles. The van der Waals surface area contributed by atoms with Gasteiger partial charge in [0.05, 0.1) is 11.3 Å². The summed E-state index contributed by atoms with van der Waals surface area (Å²) < 4.78 is 39.7. The molecule has 0 saturated carbocycles. The monoisotopic (exact) mass is 295 g/mol. The molecule has 3 nitrogen and oxygen atoms in total. The second kappa shape index (κ2) is 4.68. The van der Waals surface area contributed by atoms with Gasteiger partial charge in [0.1, 0.15) is 0 Å². The first-order valence-electron chi connectivity index (χ1n) is 5.60. The van der Waals surface area contributed by atoms with E-state index in [0.29, 0.717) is 11.3 Å². The number of halogens is 3. The number of aromatic amines is 1. The highest BCUT2D eigenvalue weighted by atomic mass is 32.1. The molecule has 3 aromatic rings. The zero-order valence-electron chi connectivity index (χ0n) is 9.95. The quantitative estimate of drug-likeness (QED) is 0.706. The van der Waals surface area contributed by atoms with Crippen LogP contribution in [0.4, 0.5) is 19.0 Å². The highest BCUT2D eigenvalue weighted by Gasteiger charge is 2.19. The number of thiophene rings is 1. The lowest BCUT2D eigenvalue weighted by Crippen LogP contribution is -1.93. The van der Waals surface area contributed by atoms with Crippen LogP contribution in [-0.2, 0) is 0 Å². The van der Waals surface area contributed by atoms with E-state index >= 15 is 0 Å². The van der Waals surface area contributed by atoms with Crippen LogP contribution in [0, 0.1) is 17.5 Å². The van der Waals surface area contributed by atoms with Gasteiger partial charge in [0.15, 0.2) is 23.3 Å². The van der Waals surface area contributed by atoms with Crippen molar-refractivity contribution in [3.05, 3.63) is 47.1 Å². The molecule has 0 aliphatic heterocycles. The number of nitrogens with two attached hydrogens (primary N) is 1. The molecule has 0 radical (unpaired) electrons. The van der Waals surface area contributed by atoms with Gasteiger partial charge in [0, 0.05) is 10.4 Å². The molecule has 0 aliphatic rings. The van der Waals surface area contributed by atoms with Crippen molar-refractivity contribution in [2.75, 3.05) is 5.73 Å². The lowest BCUT2D eigenvalue weighted by molar-refractivity contribution is 0.447. The highest BCUT2D eigenvalue weighted by molar-refractivity contribution is 7.13. The van der Waals surface area contributed by atoms with E-state index in [1.54, 1.807) is 0 Å². The summed E-state index contributed by atoms with van der Waals surface area (Å²) in [6.07, 6.45) is 0. The minimum Gasteiger partial charge on any atom is -0.382 e. The molecule has 7 heteroatoms. The Morgan fingerprint density at radius 1 is 1.15 bits per heavy atom. The predicted octanol–water partition coefficient (Wildman–Crippen LogP) is 3.80. The molecule has 0 aliphatic carbocycles. The van der Waals surface area contributed by atoms with E-state index in [1.165, 1.54) is 11.3 Å². The van der Waals surface area contributed by atoms with Crippen molar-refractivity contribution in [2.45, 2.75) is 0 Å². The summed E-state index contributed by atoms with van der Waals surface area (Å²) in [7, 11) is 0. The van der Waals surface area contributed by atoms with E-state index < -0.39 is 17.5 Å². The molecule has 0 unspecified atom stereocenters. The number of aromatic nitrogens is 2. The van der Waals surface area contributed by atoms with Crippen molar-refractivity contribution in [3.63, 3.8) is 0 Å². The number of nitrogens with zero attached hydrogens (tertiary/aromatic N) is 1. The van der Waals surface area contributed by atoms with Crippen molar-refractivity contribution in [3.8, 4) is 21.7 Å². The Kier molecular flexibility index (Phi) is 2.98. The molecule has 102 valence electrons. The topological polar surface area (TPSA) is 54.7 Å². The molecule has 0 amide bonds. The summed E-state index contributed by atoms with van der Waals surface area (Å²) in [4.78, 5) is 0.802. The number of hydrogen-bond donors (Lipinski definition) is 2. The Hall–Kier alpha value is -2.28. The second-order valence-corrected chi connectivity index (χ2v) is 5.04. The maximum Gasteiger partial charge on any atom is 0.194 e. The third-order valence-electron chi connectivity index (χ3n) is 2.83. The van der Waals surface area contributed by atoms with E-state index in [-0.39, 0.29) is 11.4 Å². The van der Waals surface area contributed by atoms with Crippen LogP contribution in [0.2, 0.25) is 0 Å². The fourth-order valence-corrected chi connectivity index (χ4v) is 2.72. The number of anilines is 1. The van der Waals surface area contributed by atoms with E-state index in [0.717, 1.165) is 17.0 Å². The van der Waals surface area contributed by atoms with Crippen LogP contribution in [0.5, 0.6) is 0 Å². The van der Waals surface area contributed by atoms with Crippen molar-refractivity contribution in [2.24, 2.45) is 0 Å². The van der Waals surface area contributed by atoms with E-state index in [1.807, 2.05) is 17.5 Å². The third kappa shape index (κ3) is 1.96. The minimum absolute atomic E-state index is 0.147. The molecule has 2 aromatic heterocycles. The normalized spacial score (nSPS) is 10.9. The van der Waals surface area contributed by atoms with Crippen LogP contribution in [0.3, 0.4) is 0 Å². The number of H-pyrrole nitrogens is 1. The van der Waals surface area contributed by atoms with Gasteiger partial charge in [-0.3, -0.25) is 5.10 Å². The first kappa shape index (κ1) is 12.7. The Balaban J connectivity index is 2.22. The molecule has 3 N–H and O–H groups in total. The van der Waals surface area contributed by atoms with Crippen LogP contribution in [0.1, 0.15) is 0 Å². The lowest BCUT2D eigenvalue weighted by atomic mass is 10.1. The Morgan fingerprint density at radius 3 is 2.45 bits per heavy atom. The highest BCUT2D eigenvalue weighted by Crippen LogP contribution is 2.37. The van der Waals surface area contributed by atoms with Crippen molar-refractivity contribution < 1.29 is 13.2 Å². The maximum atomic E-state index is 13.3. The van der Waals surface area contributed by atoms with Crippen LogP contribution >= 0.6 is 11.3 Å². The molecular weight excluding hydrogens is 287 g/mol. The SMILES string of the molecule is Nc1n[nH]c(-c2cc(F)c(F)c(F)c2)c1-c1cccs1. The summed E-state index contributed by atoms with van der Waals surface area (Å²) >= 11 is 1.41. The molecule has 0 atom stereocenters. The van der Waals surface area contributed by atoms with Gasteiger partial charge in [0.25, 0.3) is 0 Å². The Labute approximate surface area is 115 Å². The third-order valence-corrected chi connectivity index (χ3v) is 3.72. The molecule has 0 bridgehead atoms. The number of benzene rings is 1. The largest absolute Gasteiger partial charge is 0.382 e. The van der Waals surface area contributed by atoms with Crippen molar-refractivity contribution >= 4 is 17.2 Å². The fraction of sp³-hybridized carbons (Fsp3) is 0. The first-order valence-corrected chi connectivity index (χ1v) is 6.48. The van der Waals surface area contributed by atoms with Gasteiger partial charge in [-0.15, -0.1) is 11.3 Å². The molecule has 20 heavy (non-hydrogen) atoms. The number of nitrogen functional groups attached to an aromatic ring is 1. The fourth-order valence-electron chi connectivity index (χ4n) is 1.93. The van der Waals surface area contributed by atoms with Gasteiger partial charge in [-0.25, -0.2) is 13.2 Å². The van der Waals surface area contributed by atoms with Gasteiger partial charge >= 0.3 is 0 Å². The molecule has 2 heterocycles. The lowest BCUT2D eigenvalue weighted by Gasteiger charge is -2.04. The van der Waals surface area contributed by atoms with Gasteiger partial charge in [-0.05, 0) is 23.6 Å². The Bertz CT molecular complexity index is 742. The van der Waals surface area contributed by atoms with Crippen molar-refractivity contribution in [1.29, 1.82) is 0 Å². The average Bonchev–Trinajstić information content (AvgIpc) is 3.04. The maximum absolute atomic E-state index is 13.3. The van der Waals surface area contributed by atoms with E-state index in [4.69, 9.17) is 5.73 Å². The number of hydrogen-bond acceptors (Lipinski definition) is 3. The van der Waals surface area contributed by atoms with E-state index in [9.17, 15) is 13.2 Å². The van der Waals surface area contributed by atoms with Crippen LogP contribution in [-0.4, -0.2) is 10.2 Å². The van der Waals surface area contributed by atoms with Crippen LogP contribution < -0.4 is 5.73 Å². The van der Waals surface area contributed by atoms with Gasteiger partial charge in [0.2, 0.25) is 0 Å². The molecule has 0 spiro atoms. The molecule has 0 fully saturated rings. The molecule has 3 rings (SSSR count).